The summed E-state index contributed by atoms with van der Waals surface area (Å²) < 4.78 is 0. The third-order valence-electron chi connectivity index (χ3n) is 1.40. The minimum Gasteiger partial charge on any atom is -0.407 e. The Balaban J connectivity index is -0.0000000187. The molecule has 0 atom stereocenters. The summed E-state index contributed by atoms with van der Waals surface area (Å²) in [4.78, 5) is 19.9. The molecule has 0 unspecified atom stereocenters. The Morgan fingerprint density at radius 2 is 0.920 bits per heavy atom. The first kappa shape index (κ1) is 56.2. The van der Waals surface area contributed by atoms with E-state index in [9.17, 15) is 9.59 Å². The number of carbonyl (C=O) groups excluding carboxylic acids is 2. The molecule has 0 spiro atoms. The molecule has 0 heterocycles. The summed E-state index contributed by atoms with van der Waals surface area (Å²) in [5, 5.41) is 0. The van der Waals surface area contributed by atoms with Gasteiger partial charge in [0.15, 0.2) is 0 Å². The Morgan fingerprint density at radius 3 is 0.920 bits per heavy atom. The Hall–Kier alpha value is 1.03. The fourth-order valence-corrected chi connectivity index (χ4v) is 0.760. The topological polar surface area (TPSA) is 34.1 Å². The van der Waals surface area contributed by atoms with Gasteiger partial charge in [-0.25, -0.2) is 0 Å². The Labute approximate surface area is 212 Å². The summed E-state index contributed by atoms with van der Waals surface area (Å²) in [5.74, 6) is 0.106. The molecule has 0 amide bonds. The van der Waals surface area contributed by atoms with Crippen molar-refractivity contribution in [2.75, 3.05) is 0 Å². The molecule has 0 aliphatic carbocycles. The predicted octanol–water partition coefficient (Wildman–Crippen LogP) is 7.43. The molecule has 0 aromatic heterocycles. The van der Waals surface area contributed by atoms with E-state index in [2.05, 4.69) is 39.8 Å². The molecule has 0 bridgehead atoms. The summed E-state index contributed by atoms with van der Waals surface area (Å²) in [7, 11) is 0. The van der Waals surface area contributed by atoms with Crippen molar-refractivity contribution >= 4 is 11.6 Å². The van der Waals surface area contributed by atoms with Gasteiger partial charge < -0.3 is 9.59 Å². The van der Waals surface area contributed by atoms with Crippen LogP contribution in [0.15, 0.2) is 12.2 Å². The largest absolute Gasteiger partial charge is 0.407 e. The summed E-state index contributed by atoms with van der Waals surface area (Å²) in [5.41, 5.74) is 0. The van der Waals surface area contributed by atoms with Gasteiger partial charge >= 0.3 is 0 Å². The van der Waals surface area contributed by atoms with Crippen molar-refractivity contribution in [2.24, 2.45) is 0 Å². The maximum atomic E-state index is 9.93. The molecule has 2 radical (unpaired) electrons. The van der Waals surface area contributed by atoms with Crippen LogP contribution in [-0.2, 0) is 75.0 Å². The van der Waals surface area contributed by atoms with Crippen molar-refractivity contribution in [3.63, 3.8) is 0 Å². The molecular weight excluding hydrogens is 462 g/mol. The molecule has 0 rings (SSSR count). The molecule has 2 nitrogen and oxygen atoms in total. The molecule has 0 saturated heterocycles. The van der Waals surface area contributed by atoms with Crippen molar-refractivity contribution in [1.82, 2.24) is 0 Å². The smallest absolute Gasteiger partial charge is 0 e. The average molecular weight is 508 g/mol. The Kier molecular flexibility index (Phi) is 144. The third-order valence-corrected chi connectivity index (χ3v) is 1.40. The second-order valence-electron chi connectivity index (χ2n) is 4.15. The van der Waals surface area contributed by atoms with Crippen LogP contribution in [0.5, 0.6) is 0 Å². The Morgan fingerprint density at radius 1 is 0.720 bits per heavy atom. The minimum absolute atomic E-state index is 0. The van der Waals surface area contributed by atoms with E-state index in [0.29, 0.717) is 0 Å². The quantitative estimate of drug-likeness (QED) is 0.293. The van der Waals surface area contributed by atoms with Crippen molar-refractivity contribution in [1.29, 1.82) is 0 Å². The number of rotatable bonds is 4. The molecule has 0 saturated carbocycles. The van der Waals surface area contributed by atoms with Crippen LogP contribution in [0.25, 0.3) is 0 Å². The SMILES string of the molecule is C.C.C.CCC.CCCCC.C[C-]=CC(C)=O.C[C-]=CC(C)=O.[Y].[Y]. The van der Waals surface area contributed by atoms with Crippen LogP contribution in [0, 0.1) is 12.2 Å². The summed E-state index contributed by atoms with van der Waals surface area (Å²) in [6, 6.07) is 0. The van der Waals surface area contributed by atoms with Crippen molar-refractivity contribution < 1.29 is 75.0 Å². The molecule has 25 heavy (non-hydrogen) atoms. The molecule has 0 N–H and O–H groups in total. The molecule has 0 aliphatic heterocycles. The number of hydrogen-bond donors (Lipinski definition) is 0. The number of carbonyl (C=O) groups is 2. The average Bonchev–Trinajstić information content (AvgIpc) is 2.32. The van der Waals surface area contributed by atoms with Gasteiger partial charge in [0.25, 0.3) is 0 Å². The zero-order valence-electron chi connectivity index (χ0n) is 16.0. The Bertz CT molecular complexity index is 224. The van der Waals surface area contributed by atoms with Crippen LogP contribution in [0.3, 0.4) is 0 Å². The zero-order valence-corrected chi connectivity index (χ0v) is 21.6. The monoisotopic (exact) mass is 508 g/mol. The summed E-state index contributed by atoms with van der Waals surface area (Å²) in [6.45, 7) is 15.1. The van der Waals surface area contributed by atoms with Crippen LogP contribution in [0.1, 0.15) is 103 Å². The molecule has 0 aromatic carbocycles. The number of ketones is 2. The first-order chi connectivity index (χ1) is 9.37. The third kappa shape index (κ3) is 163. The molecule has 0 aromatic rings. The maximum absolute atomic E-state index is 9.93. The van der Waals surface area contributed by atoms with E-state index in [4.69, 9.17) is 0 Å². The van der Waals surface area contributed by atoms with Gasteiger partial charge in [0.1, 0.15) is 0 Å². The van der Waals surface area contributed by atoms with E-state index in [1.54, 1.807) is 13.8 Å². The second-order valence-corrected chi connectivity index (χ2v) is 4.15. The van der Waals surface area contributed by atoms with Gasteiger partial charge in [-0.2, -0.15) is 12.2 Å². The van der Waals surface area contributed by atoms with E-state index < -0.39 is 0 Å². The summed E-state index contributed by atoms with van der Waals surface area (Å²) in [6.07, 6.45) is 13.3. The number of unbranched alkanes of at least 4 members (excludes halogenated alkanes) is 2. The van der Waals surface area contributed by atoms with E-state index in [-0.39, 0.29) is 99.3 Å². The van der Waals surface area contributed by atoms with Gasteiger partial charge in [-0.3, -0.25) is 12.2 Å². The number of allylic oxidation sites excluding steroid dienone is 4. The zero-order chi connectivity index (χ0) is 16.8. The fourth-order valence-electron chi connectivity index (χ4n) is 0.760. The van der Waals surface area contributed by atoms with Crippen molar-refractivity contribution in [3.8, 4) is 0 Å². The maximum Gasteiger partial charge on any atom is 0 e. The van der Waals surface area contributed by atoms with Crippen LogP contribution in [0.4, 0.5) is 0 Å². The van der Waals surface area contributed by atoms with Gasteiger partial charge in [-0.1, -0.05) is 89.5 Å². The first-order valence-corrected chi connectivity index (χ1v) is 7.39. The van der Waals surface area contributed by atoms with Gasteiger partial charge in [-0.05, 0) is 11.6 Å². The molecular formula is C21H46O2Y2-2. The van der Waals surface area contributed by atoms with Gasteiger partial charge in [0.2, 0.25) is 0 Å². The summed E-state index contributed by atoms with van der Waals surface area (Å²) >= 11 is 0. The van der Waals surface area contributed by atoms with Crippen molar-refractivity contribution in [2.45, 2.75) is 103 Å². The second kappa shape index (κ2) is 64.0. The standard InChI is InChI=1S/2C5H7O.C5H12.C3H8.3CH4.2Y/c2*1-3-4-5(2)6;1-3-5-4-2;1-3-2;;;;;/h2*4H,1-2H3;3-5H2,1-2H3;3H2,1-2H3;3*1H4;;/q2*-1;;;;;;;. The molecule has 0 aliphatic rings. The van der Waals surface area contributed by atoms with E-state index in [0.717, 1.165) is 0 Å². The van der Waals surface area contributed by atoms with Gasteiger partial charge in [-0.15, -0.1) is 13.8 Å². The van der Waals surface area contributed by atoms with E-state index in [1.807, 2.05) is 0 Å². The van der Waals surface area contributed by atoms with Crippen LogP contribution in [0.2, 0.25) is 0 Å². The molecule has 0 fully saturated rings. The normalized spacial score (nSPS) is 7.04. The first-order valence-electron chi connectivity index (χ1n) is 7.39. The van der Waals surface area contributed by atoms with Crippen LogP contribution < -0.4 is 0 Å². The van der Waals surface area contributed by atoms with E-state index in [1.165, 1.54) is 51.7 Å². The van der Waals surface area contributed by atoms with E-state index >= 15 is 0 Å². The van der Waals surface area contributed by atoms with Crippen LogP contribution >= 0.6 is 0 Å². The predicted molar refractivity (Wildman–Crippen MR) is 110 cm³/mol. The minimum atomic E-state index is 0. The van der Waals surface area contributed by atoms with Gasteiger partial charge in [0.05, 0.1) is 0 Å². The van der Waals surface area contributed by atoms with Crippen LogP contribution in [-0.4, -0.2) is 11.6 Å². The van der Waals surface area contributed by atoms with Gasteiger partial charge in [0, 0.05) is 65.4 Å². The molecule has 4 heteroatoms. The molecule has 150 valence electrons. The number of hydrogen-bond acceptors (Lipinski definition) is 2. The van der Waals surface area contributed by atoms with Crippen molar-refractivity contribution in [3.05, 3.63) is 24.3 Å². The fraction of sp³-hybridized carbons (Fsp3) is 0.714.